The number of hydrogen-bond acceptors (Lipinski definition) is 4. The molecule has 0 fully saturated rings. The van der Waals surface area contributed by atoms with Crippen molar-refractivity contribution >= 4 is 0 Å². The summed E-state index contributed by atoms with van der Waals surface area (Å²) in [7, 11) is 1.68. The molecule has 4 heteroatoms. The monoisotopic (exact) mass is 275 g/mol. The molecule has 1 heterocycles. The molecule has 0 saturated carbocycles. The molecule has 0 unspecified atom stereocenters. The second-order valence-corrected chi connectivity index (χ2v) is 4.62. The van der Waals surface area contributed by atoms with Gasteiger partial charge in [0.05, 0.1) is 19.8 Å². The molecule has 0 aliphatic heterocycles. The zero-order valence-corrected chi connectivity index (χ0v) is 11.8. The fraction of sp³-hybridized carbons (Fsp3) is 0.375. The molecule has 1 N–H and O–H groups in total. The molecule has 2 rings (SSSR count). The van der Waals surface area contributed by atoms with Crippen LogP contribution >= 0.6 is 0 Å². The standard InChI is InChI=1S/C16H21NO3/c1-19-12-10-17(9-11-18)13-15-7-8-16(20-15)14-5-3-2-4-6-14/h2-8,18H,9-13H2,1H3. The van der Waals surface area contributed by atoms with Crippen molar-refractivity contribution in [1.29, 1.82) is 0 Å². The summed E-state index contributed by atoms with van der Waals surface area (Å²) >= 11 is 0. The number of ether oxygens (including phenoxy) is 1. The normalized spacial score (nSPS) is 11.2. The smallest absolute Gasteiger partial charge is 0.134 e. The molecule has 2 aromatic rings. The summed E-state index contributed by atoms with van der Waals surface area (Å²) in [6, 6.07) is 14.0. The SMILES string of the molecule is COCCN(CCO)Cc1ccc(-c2ccccc2)o1. The third-order valence-corrected chi connectivity index (χ3v) is 3.13. The summed E-state index contributed by atoms with van der Waals surface area (Å²) in [5.74, 6) is 1.77. The van der Waals surface area contributed by atoms with Gasteiger partial charge < -0.3 is 14.3 Å². The van der Waals surface area contributed by atoms with E-state index in [4.69, 9.17) is 14.3 Å². The molecule has 0 spiro atoms. The van der Waals surface area contributed by atoms with Gasteiger partial charge in [0.15, 0.2) is 0 Å². The van der Waals surface area contributed by atoms with E-state index in [2.05, 4.69) is 4.90 Å². The summed E-state index contributed by atoms with van der Waals surface area (Å²) in [5.41, 5.74) is 1.07. The van der Waals surface area contributed by atoms with Crippen LogP contribution in [-0.2, 0) is 11.3 Å². The van der Waals surface area contributed by atoms with Crippen molar-refractivity contribution in [3.63, 3.8) is 0 Å². The second kappa shape index (κ2) is 7.85. The van der Waals surface area contributed by atoms with E-state index in [9.17, 15) is 0 Å². The topological polar surface area (TPSA) is 45.8 Å². The Kier molecular flexibility index (Phi) is 5.80. The van der Waals surface area contributed by atoms with Crippen LogP contribution in [0.25, 0.3) is 11.3 Å². The molecule has 1 aromatic heterocycles. The maximum absolute atomic E-state index is 9.08. The van der Waals surface area contributed by atoms with E-state index >= 15 is 0 Å². The third kappa shape index (κ3) is 4.20. The Bertz CT molecular complexity index is 495. The Hall–Kier alpha value is -1.62. The van der Waals surface area contributed by atoms with Gasteiger partial charge in [0.2, 0.25) is 0 Å². The van der Waals surface area contributed by atoms with Gasteiger partial charge in [-0.15, -0.1) is 0 Å². The summed E-state index contributed by atoms with van der Waals surface area (Å²) in [5, 5.41) is 9.08. The van der Waals surface area contributed by atoms with Gasteiger partial charge >= 0.3 is 0 Å². The highest BCUT2D eigenvalue weighted by Crippen LogP contribution is 2.22. The van der Waals surface area contributed by atoms with Gasteiger partial charge in [-0.2, -0.15) is 0 Å². The van der Waals surface area contributed by atoms with Crippen LogP contribution in [0.4, 0.5) is 0 Å². The lowest BCUT2D eigenvalue weighted by Gasteiger charge is -2.19. The van der Waals surface area contributed by atoms with Crippen LogP contribution in [0.2, 0.25) is 0 Å². The van der Waals surface area contributed by atoms with E-state index in [1.54, 1.807) is 7.11 Å². The Morgan fingerprint density at radius 2 is 1.90 bits per heavy atom. The molecule has 1 aromatic carbocycles. The van der Waals surface area contributed by atoms with Gasteiger partial charge in [-0.1, -0.05) is 30.3 Å². The molecular weight excluding hydrogens is 254 g/mol. The number of rotatable bonds is 8. The number of hydrogen-bond donors (Lipinski definition) is 1. The van der Waals surface area contributed by atoms with E-state index in [1.807, 2.05) is 42.5 Å². The Labute approximate surface area is 119 Å². The van der Waals surface area contributed by atoms with E-state index in [-0.39, 0.29) is 6.61 Å². The van der Waals surface area contributed by atoms with E-state index in [1.165, 1.54) is 0 Å². The lowest BCUT2D eigenvalue weighted by molar-refractivity contribution is 0.122. The van der Waals surface area contributed by atoms with Crippen LogP contribution in [0.3, 0.4) is 0 Å². The van der Waals surface area contributed by atoms with Crippen molar-refractivity contribution in [3.05, 3.63) is 48.2 Å². The minimum atomic E-state index is 0.135. The van der Waals surface area contributed by atoms with Crippen LogP contribution in [0, 0.1) is 0 Å². The van der Waals surface area contributed by atoms with Crippen LogP contribution in [0.1, 0.15) is 5.76 Å². The van der Waals surface area contributed by atoms with Crippen LogP contribution in [-0.4, -0.2) is 43.4 Å². The highest BCUT2D eigenvalue weighted by Gasteiger charge is 2.09. The first-order chi connectivity index (χ1) is 9.83. The Morgan fingerprint density at radius 1 is 1.10 bits per heavy atom. The first kappa shape index (κ1) is 14.8. The van der Waals surface area contributed by atoms with Crippen molar-refractivity contribution in [2.45, 2.75) is 6.54 Å². The lowest BCUT2D eigenvalue weighted by atomic mass is 10.2. The largest absolute Gasteiger partial charge is 0.460 e. The molecule has 0 aliphatic rings. The van der Waals surface area contributed by atoms with E-state index in [0.717, 1.165) is 23.6 Å². The van der Waals surface area contributed by atoms with Crippen molar-refractivity contribution in [3.8, 4) is 11.3 Å². The molecule has 0 saturated heterocycles. The average molecular weight is 275 g/mol. The van der Waals surface area contributed by atoms with Crippen LogP contribution in [0.15, 0.2) is 46.9 Å². The Balaban J connectivity index is 2.00. The number of nitrogens with zero attached hydrogens (tertiary/aromatic N) is 1. The van der Waals surface area contributed by atoms with Crippen LogP contribution in [0.5, 0.6) is 0 Å². The van der Waals surface area contributed by atoms with Crippen molar-refractivity contribution in [2.24, 2.45) is 0 Å². The van der Waals surface area contributed by atoms with E-state index < -0.39 is 0 Å². The van der Waals surface area contributed by atoms with Crippen molar-refractivity contribution in [1.82, 2.24) is 4.90 Å². The molecule has 0 atom stereocenters. The Morgan fingerprint density at radius 3 is 2.60 bits per heavy atom. The quantitative estimate of drug-likeness (QED) is 0.803. The number of furan rings is 1. The van der Waals surface area contributed by atoms with Crippen LogP contribution < -0.4 is 0 Å². The maximum atomic E-state index is 9.08. The molecule has 0 amide bonds. The molecule has 0 radical (unpaired) electrons. The minimum Gasteiger partial charge on any atom is -0.460 e. The molecule has 20 heavy (non-hydrogen) atoms. The molecule has 4 nitrogen and oxygen atoms in total. The predicted molar refractivity (Wildman–Crippen MR) is 78.4 cm³/mol. The van der Waals surface area contributed by atoms with E-state index in [0.29, 0.717) is 19.7 Å². The van der Waals surface area contributed by atoms with Gasteiger partial charge in [0.1, 0.15) is 11.5 Å². The average Bonchev–Trinajstić information content (AvgIpc) is 2.94. The highest BCUT2D eigenvalue weighted by molar-refractivity contribution is 5.57. The number of aliphatic hydroxyl groups is 1. The fourth-order valence-electron chi connectivity index (χ4n) is 2.07. The first-order valence-electron chi connectivity index (χ1n) is 6.80. The highest BCUT2D eigenvalue weighted by atomic mass is 16.5. The zero-order chi connectivity index (χ0) is 14.2. The summed E-state index contributed by atoms with van der Waals surface area (Å²) < 4.78 is 10.9. The molecule has 0 bridgehead atoms. The third-order valence-electron chi connectivity index (χ3n) is 3.13. The number of aliphatic hydroxyl groups excluding tert-OH is 1. The molecule has 0 aliphatic carbocycles. The van der Waals surface area contributed by atoms with Crippen molar-refractivity contribution in [2.75, 3.05) is 33.4 Å². The summed E-state index contributed by atoms with van der Waals surface area (Å²) in [6.07, 6.45) is 0. The van der Waals surface area contributed by atoms with Gasteiger partial charge in [-0.05, 0) is 12.1 Å². The molecular formula is C16H21NO3. The fourth-order valence-corrected chi connectivity index (χ4v) is 2.07. The summed E-state index contributed by atoms with van der Waals surface area (Å²) in [4.78, 5) is 2.11. The number of benzene rings is 1. The van der Waals surface area contributed by atoms with Gasteiger partial charge in [0, 0.05) is 25.8 Å². The lowest BCUT2D eigenvalue weighted by Crippen LogP contribution is -2.29. The van der Waals surface area contributed by atoms with Gasteiger partial charge in [-0.3, -0.25) is 4.90 Å². The predicted octanol–water partition coefficient (Wildman–Crippen LogP) is 2.39. The zero-order valence-electron chi connectivity index (χ0n) is 11.8. The second-order valence-electron chi connectivity index (χ2n) is 4.62. The van der Waals surface area contributed by atoms with Gasteiger partial charge in [-0.25, -0.2) is 0 Å². The molecule has 108 valence electrons. The summed E-state index contributed by atoms with van der Waals surface area (Å²) in [6.45, 7) is 2.85. The first-order valence-corrected chi connectivity index (χ1v) is 6.80. The number of methoxy groups -OCH3 is 1. The van der Waals surface area contributed by atoms with Gasteiger partial charge in [0.25, 0.3) is 0 Å². The van der Waals surface area contributed by atoms with Crippen molar-refractivity contribution < 1.29 is 14.3 Å². The minimum absolute atomic E-state index is 0.135. The maximum Gasteiger partial charge on any atom is 0.134 e.